The van der Waals surface area contributed by atoms with Crippen molar-refractivity contribution in [2.45, 2.75) is 12.6 Å². The van der Waals surface area contributed by atoms with E-state index in [0.717, 1.165) is 0 Å². The molecule has 7 heavy (non-hydrogen) atoms. The molecule has 0 nitrogen and oxygen atoms in total. The molecule has 0 bridgehead atoms. The zero-order valence-electron chi connectivity index (χ0n) is 3.43. The Morgan fingerprint density at radius 1 is 1.29 bits per heavy atom. The molecule has 44 valence electrons. The Labute approximate surface area is 44.3 Å². The Balaban J connectivity index is 3.15. The van der Waals surface area contributed by atoms with Gasteiger partial charge < -0.3 is 0 Å². The maximum Gasteiger partial charge on any atom is 0.390 e. The van der Waals surface area contributed by atoms with Crippen molar-refractivity contribution in [2.24, 2.45) is 0 Å². The fourth-order valence-corrected chi connectivity index (χ4v) is 0.321. The van der Waals surface area contributed by atoms with Crippen LogP contribution in [0, 0.1) is 0 Å². The van der Waals surface area contributed by atoms with Crippen molar-refractivity contribution in [1.82, 2.24) is 0 Å². The van der Waals surface area contributed by atoms with Crippen LogP contribution in [0.4, 0.5) is 13.2 Å². The first-order valence-electron chi connectivity index (χ1n) is 1.69. The minimum Gasteiger partial charge on any atom is -0.171 e. The number of rotatable bonds is 1. The summed E-state index contributed by atoms with van der Waals surface area (Å²) in [5.41, 5.74) is 0. The average molecular weight is 133 g/mol. The van der Waals surface area contributed by atoms with E-state index in [9.17, 15) is 13.2 Å². The lowest BCUT2D eigenvalue weighted by atomic mass is 10.5. The maximum absolute atomic E-state index is 11.0. The van der Waals surface area contributed by atoms with E-state index in [0.29, 0.717) is 0 Å². The summed E-state index contributed by atoms with van der Waals surface area (Å²) < 4.78 is 32.9. The van der Waals surface area contributed by atoms with Crippen LogP contribution in [0.15, 0.2) is 0 Å². The van der Waals surface area contributed by atoms with Crippen LogP contribution in [0.1, 0.15) is 6.42 Å². The molecule has 0 aromatic carbocycles. The zero-order chi connectivity index (χ0) is 5.91. The zero-order valence-corrected chi connectivity index (χ0v) is 4.18. The Morgan fingerprint density at radius 3 is 1.71 bits per heavy atom. The second-order valence-electron chi connectivity index (χ2n) is 1.05. The predicted molar refractivity (Wildman–Crippen MR) is 21.4 cm³/mol. The van der Waals surface area contributed by atoms with Gasteiger partial charge in [0.05, 0.1) is 6.42 Å². The van der Waals surface area contributed by atoms with Crippen LogP contribution >= 0.6 is 11.6 Å². The van der Waals surface area contributed by atoms with E-state index in [4.69, 9.17) is 11.6 Å². The van der Waals surface area contributed by atoms with E-state index in [-0.39, 0.29) is 5.88 Å². The summed E-state index contributed by atoms with van der Waals surface area (Å²) in [5, 5.41) is 0. The van der Waals surface area contributed by atoms with Crippen LogP contribution in [-0.2, 0) is 0 Å². The molecule has 0 radical (unpaired) electrons. The third-order valence-corrected chi connectivity index (χ3v) is 0.567. The van der Waals surface area contributed by atoms with Gasteiger partial charge in [0.1, 0.15) is 0 Å². The van der Waals surface area contributed by atoms with E-state index < -0.39 is 12.6 Å². The third-order valence-electron chi connectivity index (χ3n) is 0.378. The lowest BCUT2D eigenvalue weighted by Crippen LogP contribution is -2.06. The molecule has 0 saturated carbocycles. The van der Waals surface area contributed by atoms with Crippen LogP contribution in [0.5, 0.6) is 0 Å². The molecule has 4 heteroatoms. The molecule has 0 aliphatic rings. The highest BCUT2D eigenvalue weighted by Crippen LogP contribution is 2.19. The minimum absolute atomic E-state index is 0.344. The van der Waals surface area contributed by atoms with Crippen molar-refractivity contribution in [3.05, 3.63) is 0 Å². The average Bonchev–Trinajstić information content (AvgIpc) is 1.30. The summed E-state index contributed by atoms with van der Waals surface area (Å²) in [5.74, 6) is -0.344. The van der Waals surface area contributed by atoms with Gasteiger partial charge in [0.25, 0.3) is 0 Å². The van der Waals surface area contributed by atoms with Gasteiger partial charge in [-0.2, -0.15) is 13.2 Å². The van der Waals surface area contributed by atoms with Gasteiger partial charge in [-0.05, 0) is 0 Å². The first-order chi connectivity index (χ1) is 3.06. The van der Waals surface area contributed by atoms with Crippen LogP contribution < -0.4 is 0 Å². The molecule has 0 unspecified atom stereocenters. The highest BCUT2D eigenvalue weighted by Gasteiger charge is 2.25. The monoisotopic (exact) mass is 132 g/mol. The Bertz CT molecular complexity index is 48.6. The fourth-order valence-electron chi connectivity index (χ4n) is 0.107. The Morgan fingerprint density at radius 2 is 1.71 bits per heavy atom. The second-order valence-corrected chi connectivity index (χ2v) is 1.43. The van der Waals surface area contributed by atoms with Crippen molar-refractivity contribution < 1.29 is 13.2 Å². The number of halogens is 4. The number of alkyl halides is 4. The van der Waals surface area contributed by atoms with Gasteiger partial charge in [-0.15, -0.1) is 11.6 Å². The molecule has 0 aliphatic heterocycles. The molecule has 0 aromatic rings. The van der Waals surface area contributed by atoms with Crippen molar-refractivity contribution in [2.75, 3.05) is 5.88 Å². The number of hydrogen-bond donors (Lipinski definition) is 0. The number of hydrogen-bond acceptors (Lipinski definition) is 0. The first-order valence-corrected chi connectivity index (χ1v) is 2.22. The molecular weight excluding hydrogens is 128 g/mol. The largest absolute Gasteiger partial charge is 0.390 e. The predicted octanol–water partition coefficient (Wildman–Crippen LogP) is 2.18. The van der Waals surface area contributed by atoms with Crippen molar-refractivity contribution in [3.8, 4) is 0 Å². The van der Waals surface area contributed by atoms with Gasteiger partial charge in [0.15, 0.2) is 0 Å². The lowest BCUT2D eigenvalue weighted by Gasteiger charge is -1.99. The van der Waals surface area contributed by atoms with Crippen LogP contribution in [0.25, 0.3) is 0 Å². The van der Waals surface area contributed by atoms with Crippen LogP contribution in [-0.4, -0.2) is 12.1 Å². The molecule has 0 heterocycles. The summed E-state index contributed by atoms with van der Waals surface area (Å²) in [4.78, 5) is 0. The minimum atomic E-state index is -4.08. The standard InChI is InChI=1S/C3H4ClF3/c4-2-1-3(5,6)7/h1-2H2. The fraction of sp³-hybridized carbons (Fsp3) is 1.00. The quantitative estimate of drug-likeness (QED) is 0.480. The van der Waals surface area contributed by atoms with Gasteiger partial charge in [0, 0.05) is 5.88 Å². The maximum atomic E-state index is 11.0. The van der Waals surface area contributed by atoms with Gasteiger partial charge >= 0.3 is 6.18 Å². The van der Waals surface area contributed by atoms with Gasteiger partial charge in [-0.3, -0.25) is 0 Å². The molecule has 0 amide bonds. The highest BCUT2D eigenvalue weighted by atomic mass is 35.5. The summed E-state index contributed by atoms with van der Waals surface area (Å²) in [6.45, 7) is 0. The van der Waals surface area contributed by atoms with Crippen molar-refractivity contribution in [3.63, 3.8) is 0 Å². The highest BCUT2D eigenvalue weighted by molar-refractivity contribution is 6.17. The van der Waals surface area contributed by atoms with E-state index >= 15 is 0 Å². The first kappa shape index (κ1) is 7.08. The smallest absolute Gasteiger partial charge is 0.171 e. The lowest BCUT2D eigenvalue weighted by molar-refractivity contribution is -0.129. The Hall–Kier alpha value is 0.0800. The van der Waals surface area contributed by atoms with Crippen molar-refractivity contribution >= 4 is 11.6 Å². The van der Waals surface area contributed by atoms with Gasteiger partial charge in [0.2, 0.25) is 0 Å². The normalized spacial score (nSPS) is 12.0. The molecular formula is C3H4ClF3. The van der Waals surface area contributed by atoms with Crippen LogP contribution in [0.3, 0.4) is 0 Å². The Kier molecular flexibility index (Phi) is 2.43. The molecule has 0 aliphatic carbocycles. The van der Waals surface area contributed by atoms with Gasteiger partial charge in [-0.25, -0.2) is 0 Å². The second kappa shape index (κ2) is 2.40. The molecule has 0 aromatic heterocycles. The summed E-state index contributed by atoms with van der Waals surface area (Å²) in [6.07, 6.45) is -4.98. The van der Waals surface area contributed by atoms with Gasteiger partial charge in [-0.1, -0.05) is 0 Å². The summed E-state index contributed by atoms with van der Waals surface area (Å²) >= 11 is 4.77. The van der Waals surface area contributed by atoms with E-state index in [1.807, 2.05) is 0 Å². The molecule has 0 N–H and O–H groups in total. The van der Waals surface area contributed by atoms with Crippen LogP contribution in [0.2, 0.25) is 0 Å². The molecule has 0 fully saturated rings. The van der Waals surface area contributed by atoms with E-state index in [1.165, 1.54) is 0 Å². The SMILES string of the molecule is FC(F)(F)CCCl. The van der Waals surface area contributed by atoms with E-state index in [2.05, 4.69) is 0 Å². The summed E-state index contributed by atoms with van der Waals surface area (Å²) in [6, 6.07) is 0. The third kappa shape index (κ3) is 6.08. The molecule has 0 atom stereocenters. The van der Waals surface area contributed by atoms with Crippen molar-refractivity contribution in [1.29, 1.82) is 0 Å². The van der Waals surface area contributed by atoms with E-state index in [1.54, 1.807) is 0 Å². The molecule has 0 spiro atoms. The molecule has 0 saturated heterocycles. The molecule has 0 rings (SSSR count). The topological polar surface area (TPSA) is 0 Å². The summed E-state index contributed by atoms with van der Waals surface area (Å²) in [7, 11) is 0.